The van der Waals surface area contributed by atoms with E-state index in [2.05, 4.69) is 29.3 Å². The Hall–Kier alpha value is -1.40. The lowest BCUT2D eigenvalue weighted by Crippen LogP contribution is -2.52. The van der Waals surface area contributed by atoms with Crippen LogP contribution in [-0.4, -0.2) is 65.8 Å². The highest BCUT2D eigenvalue weighted by atomic mass is 32.1. The Balaban J connectivity index is 1.55. The number of likely N-dealkylation sites (tertiary alicyclic amines) is 3. The van der Waals surface area contributed by atoms with Crippen LogP contribution in [0.25, 0.3) is 0 Å². The fraction of sp³-hybridized carbons (Fsp3) is 0.700. The first kappa shape index (κ1) is 18.0. The Labute approximate surface area is 159 Å². The molecule has 2 amide bonds. The van der Waals surface area contributed by atoms with E-state index in [-0.39, 0.29) is 16.7 Å². The molecule has 6 heteroatoms. The standard InChI is InChI=1S/C20H29N3O2S/c1-3-22-11-8-20(18(22)25)15-23(16(2)24)14-19(20)6-9-21(10-7-19)13-17-5-4-12-26-17/h4-5,12H,3,6-11,13-15H2,1-2H3/t20-/m1/s1. The molecule has 5 nitrogen and oxygen atoms in total. The molecular formula is C20H29N3O2S. The van der Waals surface area contributed by atoms with Crippen molar-refractivity contribution in [1.29, 1.82) is 0 Å². The summed E-state index contributed by atoms with van der Waals surface area (Å²) < 4.78 is 0. The van der Waals surface area contributed by atoms with E-state index in [4.69, 9.17) is 0 Å². The van der Waals surface area contributed by atoms with Gasteiger partial charge in [-0.15, -0.1) is 11.3 Å². The van der Waals surface area contributed by atoms with Gasteiger partial charge in [-0.2, -0.15) is 0 Å². The van der Waals surface area contributed by atoms with Crippen LogP contribution in [0, 0.1) is 10.8 Å². The van der Waals surface area contributed by atoms with Crippen molar-refractivity contribution in [2.24, 2.45) is 10.8 Å². The second-order valence-electron chi connectivity index (χ2n) is 8.23. The lowest BCUT2D eigenvalue weighted by molar-refractivity contribution is -0.142. The summed E-state index contributed by atoms with van der Waals surface area (Å²) in [4.78, 5) is 33.3. The van der Waals surface area contributed by atoms with Crippen LogP contribution < -0.4 is 0 Å². The minimum atomic E-state index is -0.344. The van der Waals surface area contributed by atoms with Gasteiger partial charge < -0.3 is 9.80 Å². The van der Waals surface area contributed by atoms with E-state index in [1.54, 1.807) is 6.92 Å². The van der Waals surface area contributed by atoms with Crippen molar-refractivity contribution in [2.75, 3.05) is 39.3 Å². The molecule has 0 aliphatic carbocycles. The first-order valence-corrected chi connectivity index (χ1v) is 10.7. The van der Waals surface area contributed by atoms with Gasteiger partial charge in [0.25, 0.3) is 0 Å². The third kappa shape index (κ3) is 2.69. The van der Waals surface area contributed by atoms with Crippen LogP contribution in [0.2, 0.25) is 0 Å². The molecule has 0 saturated carbocycles. The number of carbonyl (C=O) groups excluding carboxylic acids is 2. The number of fused-ring (bicyclic) bond motifs is 1. The molecule has 1 aromatic rings. The highest BCUT2D eigenvalue weighted by Crippen LogP contribution is 2.57. The molecule has 3 aliphatic heterocycles. The molecule has 0 radical (unpaired) electrons. The normalized spacial score (nSPS) is 28.6. The van der Waals surface area contributed by atoms with Crippen molar-refractivity contribution in [3.63, 3.8) is 0 Å². The second kappa shape index (κ2) is 6.64. The Morgan fingerprint density at radius 1 is 1.19 bits per heavy atom. The number of hydrogen-bond donors (Lipinski definition) is 0. The molecule has 3 saturated heterocycles. The van der Waals surface area contributed by atoms with Crippen LogP contribution in [0.15, 0.2) is 17.5 Å². The van der Waals surface area contributed by atoms with Gasteiger partial charge in [0, 0.05) is 49.9 Å². The largest absolute Gasteiger partial charge is 0.342 e. The summed E-state index contributed by atoms with van der Waals surface area (Å²) in [6.07, 6.45) is 2.95. The van der Waals surface area contributed by atoms with Gasteiger partial charge in [0.05, 0.1) is 5.41 Å². The summed E-state index contributed by atoms with van der Waals surface area (Å²) in [6, 6.07) is 4.31. The van der Waals surface area contributed by atoms with Gasteiger partial charge in [-0.05, 0) is 50.7 Å². The zero-order chi connectivity index (χ0) is 18.4. The van der Waals surface area contributed by atoms with Gasteiger partial charge in [0.15, 0.2) is 0 Å². The van der Waals surface area contributed by atoms with Crippen LogP contribution in [-0.2, 0) is 16.1 Å². The van der Waals surface area contributed by atoms with Crippen molar-refractivity contribution in [3.05, 3.63) is 22.4 Å². The third-order valence-electron chi connectivity index (χ3n) is 7.07. The molecule has 4 rings (SSSR count). The summed E-state index contributed by atoms with van der Waals surface area (Å²) >= 11 is 1.81. The van der Waals surface area contributed by atoms with E-state index in [0.717, 1.165) is 58.5 Å². The van der Waals surface area contributed by atoms with Crippen molar-refractivity contribution in [3.8, 4) is 0 Å². The summed E-state index contributed by atoms with van der Waals surface area (Å²) in [5, 5.41) is 2.13. The first-order valence-electron chi connectivity index (χ1n) is 9.79. The SMILES string of the molecule is CCN1CC[C@@]2(CN(C(C)=O)CC23CCN(Cc2cccs2)CC3)C1=O. The van der Waals surface area contributed by atoms with Gasteiger partial charge in [-0.25, -0.2) is 0 Å². The number of carbonyl (C=O) groups is 2. The molecule has 0 unspecified atom stereocenters. The van der Waals surface area contributed by atoms with Crippen LogP contribution in [0.4, 0.5) is 0 Å². The maximum absolute atomic E-state index is 13.3. The van der Waals surface area contributed by atoms with Crippen molar-refractivity contribution < 1.29 is 9.59 Å². The van der Waals surface area contributed by atoms with Crippen LogP contribution in [0.3, 0.4) is 0 Å². The first-order chi connectivity index (χ1) is 12.5. The fourth-order valence-electron chi connectivity index (χ4n) is 5.46. The minimum absolute atomic E-state index is 0.0361. The van der Waals surface area contributed by atoms with E-state index in [1.165, 1.54) is 4.88 Å². The molecule has 0 bridgehead atoms. The maximum atomic E-state index is 13.3. The lowest BCUT2D eigenvalue weighted by atomic mass is 9.60. The quantitative estimate of drug-likeness (QED) is 0.815. The van der Waals surface area contributed by atoms with Gasteiger partial charge >= 0.3 is 0 Å². The number of nitrogens with zero attached hydrogens (tertiary/aromatic N) is 3. The van der Waals surface area contributed by atoms with Gasteiger partial charge in [0.2, 0.25) is 11.8 Å². The third-order valence-corrected chi connectivity index (χ3v) is 7.94. The number of thiophene rings is 1. The Kier molecular flexibility index (Phi) is 4.59. The molecule has 3 aliphatic rings. The lowest BCUT2D eigenvalue weighted by Gasteiger charge is -2.46. The number of piperidine rings is 1. The fourth-order valence-corrected chi connectivity index (χ4v) is 6.21. The highest BCUT2D eigenvalue weighted by Gasteiger charge is 2.65. The predicted molar refractivity (Wildman–Crippen MR) is 103 cm³/mol. The van der Waals surface area contributed by atoms with E-state index in [0.29, 0.717) is 12.5 Å². The van der Waals surface area contributed by atoms with Crippen molar-refractivity contribution >= 4 is 23.2 Å². The van der Waals surface area contributed by atoms with Crippen molar-refractivity contribution in [2.45, 2.75) is 39.7 Å². The molecular weight excluding hydrogens is 346 g/mol. The van der Waals surface area contributed by atoms with Crippen LogP contribution >= 0.6 is 11.3 Å². The van der Waals surface area contributed by atoms with E-state index in [9.17, 15) is 9.59 Å². The zero-order valence-corrected chi connectivity index (χ0v) is 16.7. The van der Waals surface area contributed by atoms with Gasteiger partial charge in [-0.1, -0.05) is 6.07 Å². The summed E-state index contributed by atoms with van der Waals surface area (Å²) in [7, 11) is 0. The Bertz CT molecular complexity index is 681. The topological polar surface area (TPSA) is 43.9 Å². The summed E-state index contributed by atoms with van der Waals surface area (Å²) in [5.41, 5.74) is -0.380. The summed E-state index contributed by atoms with van der Waals surface area (Å²) in [6.45, 7) is 9.77. The molecule has 0 N–H and O–H groups in total. The molecule has 4 heterocycles. The number of hydrogen-bond acceptors (Lipinski definition) is 4. The molecule has 0 aromatic carbocycles. The van der Waals surface area contributed by atoms with Crippen LogP contribution in [0.1, 0.15) is 38.0 Å². The van der Waals surface area contributed by atoms with Gasteiger partial charge in [0.1, 0.15) is 0 Å². The summed E-state index contributed by atoms with van der Waals surface area (Å²) in [5.74, 6) is 0.417. The van der Waals surface area contributed by atoms with E-state index < -0.39 is 0 Å². The van der Waals surface area contributed by atoms with Crippen LogP contribution in [0.5, 0.6) is 0 Å². The molecule has 26 heavy (non-hydrogen) atoms. The molecule has 1 aromatic heterocycles. The Morgan fingerprint density at radius 2 is 1.96 bits per heavy atom. The van der Waals surface area contributed by atoms with E-state index in [1.807, 2.05) is 21.1 Å². The number of amides is 2. The second-order valence-corrected chi connectivity index (χ2v) is 9.26. The van der Waals surface area contributed by atoms with Gasteiger partial charge in [-0.3, -0.25) is 14.5 Å². The zero-order valence-electron chi connectivity index (χ0n) is 15.9. The molecule has 1 atom stereocenters. The predicted octanol–water partition coefficient (Wildman–Crippen LogP) is 2.43. The van der Waals surface area contributed by atoms with E-state index >= 15 is 0 Å². The Morgan fingerprint density at radius 3 is 2.54 bits per heavy atom. The average molecular weight is 376 g/mol. The average Bonchev–Trinajstić information content (AvgIpc) is 3.32. The maximum Gasteiger partial charge on any atom is 0.231 e. The highest BCUT2D eigenvalue weighted by molar-refractivity contribution is 7.09. The monoisotopic (exact) mass is 375 g/mol. The minimum Gasteiger partial charge on any atom is -0.342 e. The molecule has 2 spiro atoms. The number of rotatable bonds is 3. The molecule has 142 valence electrons. The van der Waals surface area contributed by atoms with Crippen molar-refractivity contribution in [1.82, 2.24) is 14.7 Å². The smallest absolute Gasteiger partial charge is 0.231 e. The molecule has 3 fully saturated rings.